The molecule has 17 heavy (non-hydrogen) atoms. The van der Waals surface area contributed by atoms with E-state index in [2.05, 4.69) is 10.6 Å². The lowest BCUT2D eigenvalue weighted by atomic mass is 10.0. The van der Waals surface area contributed by atoms with Gasteiger partial charge >= 0.3 is 12.0 Å². The molecule has 0 spiro atoms. The normalized spacial score (nSPS) is 14.2. The van der Waals surface area contributed by atoms with Crippen molar-refractivity contribution in [3.8, 4) is 0 Å². The van der Waals surface area contributed by atoms with Crippen LogP contribution < -0.4 is 10.6 Å². The van der Waals surface area contributed by atoms with E-state index in [4.69, 9.17) is 5.11 Å². The van der Waals surface area contributed by atoms with Gasteiger partial charge in [0.25, 0.3) is 0 Å². The molecule has 0 radical (unpaired) electrons. The lowest BCUT2D eigenvalue weighted by molar-refractivity contribution is -0.139. The van der Waals surface area contributed by atoms with E-state index >= 15 is 0 Å². The Kier molecular flexibility index (Phi) is 7.34. The SMILES string of the molecule is CCCC(C)NC(=O)NC(CC(C)C)C(=O)O. The van der Waals surface area contributed by atoms with Gasteiger partial charge in [-0.05, 0) is 25.7 Å². The average molecular weight is 244 g/mol. The maximum absolute atomic E-state index is 11.5. The summed E-state index contributed by atoms with van der Waals surface area (Å²) in [5, 5.41) is 14.2. The zero-order chi connectivity index (χ0) is 13.4. The summed E-state index contributed by atoms with van der Waals surface area (Å²) < 4.78 is 0. The van der Waals surface area contributed by atoms with Crippen LogP contribution in [0.15, 0.2) is 0 Å². The predicted octanol–water partition coefficient (Wildman–Crippen LogP) is 1.97. The van der Waals surface area contributed by atoms with E-state index < -0.39 is 18.0 Å². The van der Waals surface area contributed by atoms with Gasteiger partial charge < -0.3 is 15.7 Å². The van der Waals surface area contributed by atoms with Crippen molar-refractivity contribution >= 4 is 12.0 Å². The zero-order valence-electron chi connectivity index (χ0n) is 11.1. The second-order valence-electron chi connectivity index (χ2n) is 4.83. The fourth-order valence-electron chi connectivity index (χ4n) is 1.62. The van der Waals surface area contributed by atoms with E-state index in [1.807, 2.05) is 27.7 Å². The number of amides is 2. The molecule has 0 aliphatic rings. The zero-order valence-corrected chi connectivity index (χ0v) is 11.1. The first-order valence-corrected chi connectivity index (χ1v) is 6.16. The third-order valence-electron chi connectivity index (χ3n) is 2.41. The van der Waals surface area contributed by atoms with Crippen LogP contribution in [0.3, 0.4) is 0 Å². The molecular formula is C12H24N2O3. The average Bonchev–Trinajstić information content (AvgIpc) is 2.15. The van der Waals surface area contributed by atoms with Crippen LogP contribution in [0.1, 0.15) is 47.0 Å². The van der Waals surface area contributed by atoms with Gasteiger partial charge in [-0.1, -0.05) is 27.2 Å². The number of hydrogen-bond donors (Lipinski definition) is 3. The molecule has 0 saturated carbocycles. The standard InChI is InChI=1S/C12H24N2O3/c1-5-6-9(4)13-12(17)14-10(11(15)16)7-8(2)3/h8-10H,5-7H2,1-4H3,(H,15,16)(H2,13,14,17). The molecule has 2 amide bonds. The van der Waals surface area contributed by atoms with Crippen molar-refractivity contribution < 1.29 is 14.7 Å². The minimum absolute atomic E-state index is 0.0634. The predicted molar refractivity (Wildman–Crippen MR) is 66.9 cm³/mol. The molecule has 2 atom stereocenters. The Morgan fingerprint density at radius 2 is 1.76 bits per heavy atom. The molecule has 2 unspecified atom stereocenters. The molecule has 5 heteroatoms. The van der Waals surface area contributed by atoms with Crippen LogP contribution in [0.2, 0.25) is 0 Å². The molecule has 0 aromatic rings. The van der Waals surface area contributed by atoms with Gasteiger partial charge in [-0.15, -0.1) is 0 Å². The van der Waals surface area contributed by atoms with Gasteiger partial charge in [0.15, 0.2) is 0 Å². The molecule has 100 valence electrons. The number of carbonyl (C=O) groups is 2. The number of rotatable bonds is 7. The summed E-state index contributed by atoms with van der Waals surface area (Å²) in [6, 6.07) is -1.16. The highest BCUT2D eigenvalue weighted by Gasteiger charge is 2.21. The molecule has 0 aromatic carbocycles. The van der Waals surface area contributed by atoms with Crippen LogP contribution in [0.4, 0.5) is 4.79 Å². The van der Waals surface area contributed by atoms with Crippen LogP contribution in [0, 0.1) is 5.92 Å². The van der Waals surface area contributed by atoms with Crippen LogP contribution >= 0.6 is 0 Å². The van der Waals surface area contributed by atoms with Gasteiger partial charge in [0.05, 0.1) is 0 Å². The number of hydrogen-bond acceptors (Lipinski definition) is 2. The molecule has 0 aliphatic carbocycles. The van der Waals surface area contributed by atoms with Crippen LogP contribution in [0.5, 0.6) is 0 Å². The summed E-state index contributed by atoms with van der Waals surface area (Å²) in [5.41, 5.74) is 0. The first-order valence-electron chi connectivity index (χ1n) is 6.16. The molecule has 0 aliphatic heterocycles. The fourth-order valence-corrected chi connectivity index (χ4v) is 1.62. The minimum atomic E-state index is -0.989. The molecular weight excluding hydrogens is 220 g/mol. The van der Waals surface area contributed by atoms with Crippen LogP contribution in [-0.4, -0.2) is 29.2 Å². The topological polar surface area (TPSA) is 78.4 Å². The van der Waals surface area contributed by atoms with E-state index in [0.717, 1.165) is 12.8 Å². The van der Waals surface area contributed by atoms with Crippen molar-refractivity contribution in [3.05, 3.63) is 0 Å². The Labute approximate surface area is 103 Å². The van der Waals surface area contributed by atoms with E-state index in [0.29, 0.717) is 6.42 Å². The number of carbonyl (C=O) groups excluding carboxylic acids is 1. The van der Waals surface area contributed by atoms with E-state index in [9.17, 15) is 9.59 Å². The van der Waals surface area contributed by atoms with Crippen molar-refractivity contribution in [2.75, 3.05) is 0 Å². The van der Waals surface area contributed by atoms with Crippen LogP contribution in [0.25, 0.3) is 0 Å². The van der Waals surface area contributed by atoms with E-state index in [-0.39, 0.29) is 12.0 Å². The third kappa shape index (κ3) is 7.60. The highest BCUT2D eigenvalue weighted by atomic mass is 16.4. The van der Waals surface area contributed by atoms with Gasteiger partial charge in [-0.25, -0.2) is 9.59 Å². The minimum Gasteiger partial charge on any atom is -0.480 e. The monoisotopic (exact) mass is 244 g/mol. The van der Waals surface area contributed by atoms with E-state index in [1.165, 1.54) is 0 Å². The first kappa shape index (κ1) is 15.7. The maximum Gasteiger partial charge on any atom is 0.326 e. The Morgan fingerprint density at radius 1 is 1.18 bits per heavy atom. The Hall–Kier alpha value is -1.26. The second kappa shape index (κ2) is 7.92. The molecule has 0 fully saturated rings. The highest BCUT2D eigenvalue weighted by molar-refractivity contribution is 5.82. The van der Waals surface area contributed by atoms with E-state index in [1.54, 1.807) is 0 Å². The summed E-state index contributed by atoms with van der Waals surface area (Å²) in [5.74, 6) is -0.763. The third-order valence-corrected chi connectivity index (χ3v) is 2.41. The van der Waals surface area contributed by atoms with Crippen molar-refractivity contribution in [2.24, 2.45) is 5.92 Å². The molecule has 0 heterocycles. The smallest absolute Gasteiger partial charge is 0.326 e. The van der Waals surface area contributed by atoms with Gasteiger partial charge in [-0.3, -0.25) is 0 Å². The van der Waals surface area contributed by atoms with Gasteiger partial charge in [0.2, 0.25) is 0 Å². The molecule has 0 bridgehead atoms. The number of nitrogens with one attached hydrogen (secondary N) is 2. The largest absolute Gasteiger partial charge is 0.480 e. The van der Waals surface area contributed by atoms with Gasteiger partial charge in [0.1, 0.15) is 6.04 Å². The van der Waals surface area contributed by atoms with Crippen molar-refractivity contribution in [1.82, 2.24) is 10.6 Å². The maximum atomic E-state index is 11.5. The number of urea groups is 1. The summed E-state index contributed by atoms with van der Waals surface area (Å²) in [4.78, 5) is 22.5. The molecule has 0 saturated heterocycles. The van der Waals surface area contributed by atoms with Crippen molar-refractivity contribution in [3.63, 3.8) is 0 Å². The summed E-state index contributed by atoms with van der Waals surface area (Å²) >= 11 is 0. The fraction of sp³-hybridized carbons (Fsp3) is 0.833. The Bertz CT molecular complexity index is 254. The quantitative estimate of drug-likeness (QED) is 0.640. The molecule has 0 rings (SSSR count). The highest BCUT2D eigenvalue weighted by Crippen LogP contribution is 2.05. The van der Waals surface area contributed by atoms with Crippen molar-refractivity contribution in [2.45, 2.75) is 59.0 Å². The van der Waals surface area contributed by atoms with Crippen molar-refractivity contribution in [1.29, 1.82) is 0 Å². The van der Waals surface area contributed by atoms with Gasteiger partial charge in [0, 0.05) is 6.04 Å². The Balaban J connectivity index is 4.17. The lowest BCUT2D eigenvalue weighted by Gasteiger charge is -2.19. The first-order chi connectivity index (χ1) is 7.86. The van der Waals surface area contributed by atoms with Gasteiger partial charge in [-0.2, -0.15) is 0 Å². The molecule has 5 nitrogen and oxygen atoms in total. The summed E-state index contributed by atoms with van der Waals surface area (Å²) in [6.07, 6.45) is 2.30. The molecule has 0 aromatic heterocycles. The summed E-state index contributed by atoms with van der Waals surface area (Å²) in [7, 11) is 0. The number of carboxylic acids is 1. The Morgan fingerprint density at radius 3 is 2.18 bits per heavy atom. The molecule has 3 N–H and O–H groups in total. The number of carboxylic acid groups (broad SMARTS) is 1. The van der Waals surface area contributed by atoms with Crippen LogP contribution in [-0.2, 0) is 4.79 Å². The second-order valence-corrected chi connectivity index (χ2v) is 4.83. The number of aliphatic carboxylic acids is 1. The lowest BCUT2D eigenvalue weighted by Crippen LogP contribution is -2.48. The summed E-state index contributed by atoms with van der Waals surface area (Å²) in [6.45, 7) is 7.79.